The highest BCUT2D eigenvalue weighted by atomic mass is 35.5. The van der Waals surface area contributed by atoms with E-state index in [4.69, 9.17) is 32.4 Å². The van der Waals surface area contributed by atoms with E-state index in [1.807, 2.05) is 0 Å². The zero-order valence-corrected chi connectivity index (χ0v) is 15.7. The molecule has 2 amide bonds. The van der Waals surface area contributed by atoms with E-state index in [9.17, 15) is 14.4 Å². The molecule has 1 aromatic heterocycles. The van der Waals surface area contributed by atoms with Crippen molar-refractivity contribution in [2.45, 2.75) is 0 Å². The van der Waals surface area contributed by atoms with Crippen LogP contribution in [0.15, 0.2) is 41.0 Å². The molecule has 1 aliphatic rings. The Kier molecular flexibility index (Phi) is 6.03. The molecule has 0 radical (unpaired) electrons. The van der Waals surface area contributed by atoms with E-state index in [1.54, 1.807) is 34.1 Å². The number of hydrogen-bond acceptors (Lipinski definition) is 5. The minimum Gasteiger partial charge on any atom is -0.459 e. The summed E-state index contributed by atoms with van der Waals surface area (Å²) in [6, 6.07) is 7.84. The smallest absolute Gasteiger partial charge is 0.340 e. The maximum Gasteiger partial charge on any atom is 0.340 e. The fraction of sp³-hybridized carbons (Fsp3) is 0.278. The molecule has 3 rings (SSSR count). The molecular formula is C18H16Cl2N2O5. The highest BCUT2D eigenvalue weighted by Crippen LogP contribution is 2.26. The summed E-state index contributed by atoms with van der Waals surface area (Å²) < 4.78 is 10.1. The third kappa shape index (κ3) is 4.43. The van der Waals surface area contributed by atoms with Gasteiger partial charge in [-0.2, -0.15) is 0 Å². The molecule has 0 N–H and O–H groups in total. The molecule has 0 bridgehead atoms. The molecule has 0 spiro atoms. The number of hydrogen-bond donors (Lipinski definition) is 0. The second kappa shape index (κ2) is 8.45. The number of benzene rings is 1. The fourth-order valence-electron chi connectivity index (χ4n) is 2.67. The molecule has 1 saturated heterocycles. The molecule has 0 unspecified atom stereocenters. The van der Waals surface area contributed by atoms with Gasteiger partial charge in [0.05, 0.1) is 21.9 Å². The van der Waals surface area contributed by atoms with Gasteiger partial charge in [0.2, 0.25) is 0 Å². The Balaban J connectivity index is 1.49. The van der Waals surface area contributed by atoms with Crippen molar-refractivity contribution in [2.75, 3.05) is 32.8 Å². The molecule has 9 heteroatoms. The van der Waals surface area contributed by atoms with Crippen LogP contribution in [0.5, 0.6) is 0 Å². The Hall–Kier alpha value is -2.51. The Morgan fingerprint density at radius 2 is 1.70 bits per heavy atom. The van der Waals surface area contributed by atoms with Crippen LogP contribution in [-0.4, -0.2) is 60.4 Å². The molecule has 142 valence electrons. The van der Waals surface area contributed by atoms with Gasteiger partial charge in [-0.25, -0.2) is 4.79 Å². The first kappa shape index (κ1) is 19.3. The van der Waals surface area contributed by atoms with Crippen LogP contribution in [-0.2, 0) is 9.53 Å². The van der Waals surface area contributed by atoms with Crippen LogP contribution in [0.2, 0.25) is 10.0 Å². The van der Waals surface area contributed by atoms with Gasteiger partial charge in [0, 0.05) is 26.2 Å². The molecule has 27 heavy (non-hydrogen) atoms. The van der Waals surface area contributed by atoms with Gasteiger partial charge in [0.1, 0.15) is 0 Å². The summed E-state index contributed by atoms with van der Waals surface area (Å²) in [6.07, 6.45) is 1.44. The molecule has 0 atom stereocenters. The lowest BCUT2D eigenvalue weighted by atomic mass is 10.2. The third-order valence-electron chi connectivity index (χ3n) is 4.15. The molecule has 7 nitrogen and oxygen atoms in total. The average molecular weight is 411 g/mol. The van der Waals surface area contributed by atoms with Crippen LogP contribution < -0.4 is 0 Å². The average Bonchev–Trinajstić information content (AvgIpc) is 3.22. The Labute approximate surface area is 165 Å². The van der Waals surface area contributed by atoms with Crippen molar-refractivity contribution in [1.29, 1.82) is 0 Å². The van der Waals surface area contributed by atoms with Gasteiger partial charge in [0.25, 0.3) is 11.8 Å². The molecule has 1 fully saturated rings. The van der Waals surface area contributed by atoms with E-state index >= 15 is 0 Å². The van der Waals surface area contributed by atoms with E-state index in [0.29, 0.717) is 26.2 Å². The number of furan rings is 1. The summed E-state index contributed by atoms with van der Waals surface area (Å²) in [5, 5.41) is 0.316. The van der Waals surface area contributed by atoms with Crippen LogP contribution in [0.25, 0.3) is 0 Å². The van der Waals surface area contributed by atoms with E-state index < -0.39 is 12.6 Å². The lowest BCUT2D eigenvalue weighted by molar-refractivity contribution is -0.136. The summed E-state index contributed by atoms with van der Waals surface area (Å²) in [6.45, 7) is 1.04. The first-order valence-electron chi connectivity index (χ1n) is 8.19. The quantitative estimate of drug-likeness (QED) is 0.723. The number of nitrogens with zero attached hydrogens (tertiary/aromatic N) is 2. The predicted octanol–water partition coefficient (Wildman–Crippen LogP) is 2.73. The fourth-order valence-corrected chi connectivity index (χ4v) is 3.05. The Bertz CT molecular complexity index is 845. The molecule has 0 saturated carbocycles. The Morgan fingerprint density at radius 1 is 1.00 bits per heavy atom. The van der Waals surface area contributed by atoms with Gasteiger partial charge in [-0.1, -0.05) is 29.3 Å². The van der Waals surface area contributed by atoms with Crippen molar-refractivity contribution >= 4 is 41.0 Å². The van der Waals surface area contributed by atoms with Crippen LogP contribution in [0.4, 0.5) is 0 Å². The number of esters is 1. The van der Waals surface area contributed by atoms with E-state index in [0.717, 1.165) is 0 Å². The number of carbonyl (C=O) groups is 3. The van der Waals surface area contributed by atoms with Crippen LogP contribution in [0, 0.1) is 0 Å². The van der Waals surface area contributed by atoms with E-state index in [2.05, 4.69) is 0 Å². The normalized spacial score (nSPS) is 14.1. The van der Waals surface area contributed by atoms with Crippen LogP contribution in [0.1, 0.15) is 20.9 Å². The zero-order valence-electron chi connectivity index (χ0n) is 14.2. The SMILES string of the molecule is O=C(OCC(=O)N1CCN(C(=O)c2ccco2)CC1)c1cccc(Cl)c1Cl. The van der Waals surface area contributed by atoms with Gasteiger partial charge < -0.3 is 19.0 Å². The van der Waals surface area contributed by atoms with Crippen LogP contribution in [0.3, 0.4) is 0 Å². The van der Waals surface area contributed by atoms with Crippen molar-refractivity contribution in [3.05, 3.63) is 58.0 Å². The van der Waals surface area contributed by atoms with Gasteiger partial charge in [-0.3, -0.25) is 9.59 Å². The lowest BCUT2D eigenvalue weighted by Crippen LogP contribution is -2.51. The van der Waals surface area contributed by atoms with Gasteiger partial charge in [-0.15, -0.1) is 0 Å². The van der Waals surface area contributed by atoms with E-state index in [-0.39, 0.29) is 33.2 Å². The highest BCUT2D eigenvalue weighted by Gasteiger charge is 2.26. The standard InChI is InChI=1S/C18H16Cl2N2O5/c19-13-4-1-3-12(16(13)20)18(25)27-11-15(23)21-6-8-22(9-7-21)17(24)14-5-2-10-26-14/h1-5,10H,6-9,11H2. The van der Waals surface area contributed by atoms with Crippen molar-refractivity contribution in [1.82, 2.24) is 9.80 Å². The first-order chi connectivity index (χ1) is 13.0. The van der Waals surface area contributed by atoms with Crippen LogP contribution >= 0.6 is 23.2 Å². The van der Waals surface area contributed by atoms with Gasteiger partial charge in [-0.05, 0) is 24.3 Å². The summed E-state index contributed by atoms with van der Waals surface area (Å²) in [5.74, 6) is -1.01. The summed E-state index contributed by atoms with van der Waals surface area (Å²) in [7, 11) is 0. The monoisotopic (exact) mass is 410 g/mol. The molecular weight excluding hydrogens is 395 g/mol. The Morgan fingerprint density at radius 3 is 2.37 bits per heavy atom. The topological polar surface area (TPSA) is 80.1 Å². The molecule has 1 aromatic carbocycles. The minimum absolute atomic E-state index is 0.0849. The summed E-state index contributed by atoms with van der Waals surface area (Å²) >= 11 is 11.8. The largest absolute Gasteiger partial charge is 0.459 e. The van der Waals surface area contributed by atoms with Gasteiger partial charge >= 0.3 is 5.97 Å². The molecule has 0 aliphatic carbocycles. The maximum absolute atomic E-state index is 12.3. The van der Waals surface area contributed by atoms with Gasteiger partial charge in [0.15, 0.2) is 12.4 Å². The minimum atomic E-state index is -0.720. The zero-order chi connectivity index (χ0) is 19.4. The second-order valence-corrected chi connectivity index (χ2v) is 6.61. The van der Waals surface area contributed by atoms with Crippen molar-refractivity contribution in [3.8, 4) is 0 Å². The number of ether oxygens (including phenoxy) is 1. The summed E-state index contributed by atoms with van der Waals surface area (Å²) in [5.41, 5.74) is 0.103. The number of amides is 2. The lowest BCUT2D eigenvalue weighted by Gasteiger charge is -2.34. The van der Waals surface area contributed by atoms with Crippen molar-refractivity contribution in [2.24, 2.45) is 0 Å². The maximum atomic E-state index is 12.3. The highest BCUT2D eigenvalue weighted by molar-refractivity contribution is 6.43. The molecule has 2 heterocycles. The number of halogens is 2. The molecule has 2 aromatic rings. The number of carbonyl (C=O) groups excluding carboxylic acids is 3. The number of piperazine rings is 1. The number of rotatable bonds is 4. The van der Waals surface area contributed by atoms with E-state index in [1.165, 1.54) is 12.3 Å². The summed E-state index contributed by atoms with van der Waals surface area (Å²) in [4.78, 5) is 39.7. The van der Waals surface area contributed by atoms with Crippen molar-refractivity contribution in [3.63, 3.8) is 0 Å². The molecule has 1 aliphatic heterocycles. The first-order valence-corrected chi connectivity index (χ1v) is 8.94. The van der Waals surface area contributed by atoms with Crippen molar-refractivity contribution < 1.29 is 23.5 Å². The third-order valence-corrected chi connectivity index (χ3v) is 4.97. The second-order valence-electron chi connectivity index (χ2n) is 5.83. The predicted molar refractivity (Wildman–Crippen MR) is 97.9 cm³/mol.